The molecule has 1 aliphatic heterocycles. The number of halogens is 1. The van der Waals surface area contributed by atoms with E-state index in [1.54, 1.807) is 23.1 Å². The molecule has 1 amide bonds. The average molecular weight is 284 g/mol. The molecule has 0 spiro atoms. The van der Waals surface area contributed by atoms with Crippen LogP contribution in [0.4, 0.5) is 5.69 Å². The summed E-state index contributed by atoms with van der Waals surface area (Å²) in [7, 11) is 1.34. The Balaban J connectivity index is 2.09. The Kier molecular flexibility index (Phi) is 4.27. The number of carbonyl (C=O) groups is 2. The Hall–Kier alpha value is -1.75. The summed E-state index contributed by atoms with van der Waals surface area (Å²) in [6.45, 7) is 0.442. The molecule has 0 N–H and O–H groups in total. The van der Waals surface area contributed by atoms with Crippen LogP contribution >= 0.6 is 11.6 Å². The fourth-order valence-corrected chi connectivity index (χ4v) is 2.07. The molecule has 1 aliphatic rings. The lowest BCUT2D eigenvalue weighted by Crippen LogP contribution is -2.39. The second-order valence-electron chi connectivity index (χ2n) is 4.13. The predicted octanol–water partition coefficient (Wildman–Crippen LogP) is 2.02. The van der Waals surface area contributed by atoms with E-state index in [4.69, 9.17) is 16.3 Å². The minimum atomic E-state index is -0.285. The average Bonchev–Trinajstić information content (AvgIpc) is 2.41. The third kappa shape index (κ3) is 3.17. The zero-order valence-electron chi connectivity index (χ0n) is 10.5. The molecule has 0 atom stereocenters. The van der Waals surface area contributed by atoms with Crippen molar-refractivity contribution in [1.29, 1.82) is 0 Å². The standard InChI is InChI=1S/C13H14ClNO4/c1-18-13(17)3-2-6-15-10-7-9(14)4-5-11(10)19-8-12(15)16/h4-5,7H,2-3,6,8H2,1H3. The number of benzene rings is 1. The SMILES string of the molecule is COC(=O)CCCN1C(=O)COc2ccc(Cl)cc21. The number of hydrogen-bond donors (Lipinski definition) is 0. The fraction of sp³-hybridized carbons (Fsp3) is 0.385. The summed E-state index contributed by atoms with van der Waals surface area (Å²) in [5.74, 6) is 0.203. The van der Waals surface area contributed by atoms with Crippen LogP contribution in [0.5, 0.6) is 5.75 Å². The minimum Gasteiger partial charge on any atom is -0.482 e. The van der Waals surface area contributed by atoms with Gasteiger partial charge in [-0.25, -0.2) is 0 Å². The highest BCUT2D eigenvalue weighted by Crippen LogP contribution is 2.34. The van der Waals surface area contributed by atoms with Crippen molar-refractivity contribution in [1.82, 2.24) is 0 Å². The quantitative estimate of drug-likeness (QED) is 0.793. The third-order valence-electron chi connectivity index (χ3n) is 2.85. The summed E-state index contributed by atoms with van der Waals surface area (Å²) in [4.78, 5) is 24.5. The maximum Gasteiger partial charge on any atom is 0.305 e. The normalized spacial score (nSPS) is 13.8. The second-order valence-corrected chi connectivity index (χ2v) is 4.56. The number of carbonyl (C=O) groups excluding carboxylic acids is 2. The van der Waals surface area contributed by atoms with Crippen molar-refractivity contribution in [2.45, 2.75) is 12.8 Å². The summed E-state index contributed by atoms with van der Waals surface area (Å²) >= 11 is 5.93. The van der Waals surface area contributed by atoms with Crippen molar-refractivity contribution in [2.24, 2.45) is 0 Å². The van der Waals surface area contributed by atoms with Gasteiger partial charge in [0.15, 0.2) is 6.61 Å². The van der Waals surface area contributed by atoms with E-state index < -0.39 is 0 Å². The number of methoxy groups -OCH3 is 1. The molecule has 0 radical (unpaired) electrons. The van der Waals surface area contributed by atoms with Gasteiger partial charge in [0.05, 0.1) is 12.8 Å². The van der Waals surface area contributed by atoms with Crippen LogP contribution in [-0.2, 0) is 14.3 Å². The zero-order valence-corrected chi connectivity index (χ0v) is 11.3. The molecular formula is C13H14ClNO4. The monoisotopic (exact) mass is 283 g/mol. The van der Waals surface area contributed by atoms with E-state index in [-0.39, 0.29) is 24.9 Å². The number of anilines is 1. The van der Waals surface area contributed by atoms with Gasteiger partial charge in [0.25, 0.3) is 5.91 Å². The Morgan fingerprint density at radius 1 is 1.53 bits per heavy atom. The lowest BCUT2D eigenvalue weighted by Gasteiger charge is -2.29. The van der Waals surface area contributed by atoms with Crippen molar-refractivity contribution in [3.05, 3.63) is 23.2 Å². The van der Waals surface area contributed by atoms with Gasteiger partial charge >= 0.3 is 5.97 Å². The van der Waals surface area contributed by atoms with Gasteiger partial charge in [-0.3, -0.25) is 9.59 Å². The minimum absolute atomic E-state index is 0.00680. The van der Waals surface area contributed by atoms with E-state index in [1.165, 1.54) is 7.11 Å². The largest absolute Gasteiger partial charge is 0.482 e. The summed E-state index contributed by atoms with van der Waals surface area (Å²) in [6.07, 6.45) is 0.807. The van der Waals surface area contributed by atoms with E-state index in [0.29, 0.717) is 29.4 Å². The Bertz CT molecular complexity index is 503. The maximum atomic E-state index is 11.9. The number of rotatable bonds is 4. The zero-order chi connectivity index (χ0) is 13.8. The van der Waals surface area contributed by atoms with Crippen molar-refractivity contribution in [2.75, 3.05) is 25.2 Å². The molecule has 0 fully saturated rings. The van der Waals surface area contributed by atoms with Crippen molar-refractivity contribution in [3.63, 3.8) is 0 Å². The lowest BCUT2D eigenvalue weighted by atomic mass is 10.2. The molecule has 6 heteroatoms. The van der Waals surface area contributed by atoms with Crippen LogP contribution in [0, 0.1) is 0 Å². The Morgan fingerprint density at radius 3 is 3.05 bits per heavy atom. The summed E-state index contributed by atoms with van der Waals surface area (Å²) in [5, 5.41) is 0.537. The van der Waals surface area contributed by atoms with Crippen molar-refractivity contribution in [3.8, 4) is 5.75 Å². The van der Waals surface area contributed by atoms with Gasteiger partial charge < -0.3 is 14.4 Å². The van der Waals surface area contributed by atoms with Gasteiger partial charge in [-0.2, -0.15) is 0 Å². The van der Waals surface area contributed by atoms with E-state index in [1.807, 2.05) is 0 Å². The molecule has 5 nitrogen and oxygen atoms in total. The Morgan fingerprint density at radius 2 is 2.32 bits per heavy atom. The number of ether oxygens (including phenoxy) is 2. The van der Waals surface area contributed by atoms with Crippen molar-refractivity contribution >= 4 is 29.2 Å². The Labute approximate surface area is 116 Å². The highest BCUT2D eigenvalue weighted by molar-refractivity contribution is 6.31. The third-order valence-corrected chi connectivity index (χ3v) is 3.09. The van der Waals surface area contributed by atoms with E-state index in [9.17, 15) is 9.59 Å². The molecule has 2 rings (SSSR count). The molecule has 0 aliphatic carbocycles. The van der Waals surface area contributed by atoms with Gasteiger partial charge in [0, 0.05) is 18.0 Å². The molecule has 1 heterocycles. The van der Waals surface area contributed by atoms with Crippen LogP contribution < -0.4 is 9.64 Å². The van der Waals surface area contributed by atoms with Gasteiger partial charge in [-0.15, -0.1) is 0 Å². The first-order valence-corrected chi connectivity index (χ1v) is 6.29. The van der Waals surface area contributed by atoms with Gasteiger partial charge in [0.1, 0.15) is 5.75 Å². The molecule has 0 unspecified atom stereocenters. The number of hydrogen-bond acceptors (Lipinski definition) is 4. The molecule has 1 aromatic rings. The van der Waals surface area contributed by atoms with Crippen LogP contribution in [0.2, 0.25) is 5.02 Å². The molecule has 19 heavy (non-hydrogen) atoms. The van der Waals surface area contributed by atoms with Crippen LogP contribution in [0.1, 0.15) is 12.8 Å². The fourth-order valence-electron chi connectivity index (χ4n) is 1.90. The summed E-state index contributed by atoms with van der Waals surface area (Å²) < 4.78 is 9.89. The smallest absolute Gasteiger partial charge is 0.305 e. The highest BCUT2D eigenvalue weighted by Gasteiger charge is 2.25. The number of fused-ring (bicyclic) bond motifs is 1. The van der Waals surface area contributed by atoms with E-state index in [2.05, 4.69) is 4.74 Å². The first kappa shape index (κ1) is 13.7. The van der Waals surface area contributed by atoms with Crippen molar-refractivity contribution < 1.29 is 19.1 Å². The summed E-state index contributed by atoms with van der Waals surface area (Å²) in [5.41, 5.74) is 0.647. The van der Waals surface area contributed by atoms with Crippen LogP contribution in [-0.4, -0.2) is 32.1 Å². The molecule has 1 aromatic carbocycles. The second kappa shape index (κ2) is 5.93. The maximum absolute atomic E-state index is 11.9. The predicted molar refractivity (Wildman–Crippen MR) is 70.6 cm³/mol. The van der Waals surface area contributed by atoms with Crippen LogP contribution in [0.25, 0.3) is 0 Å². The van der Waals surface area contributed by atoms with Gasteiger partial charge in [0.2, 0.25) is 0 Å². The first-order valence-electron chi connectivity index (χ1n) is 5.91. The molecule has 0 bridgehead atoms. The molecule has 0 aromatic heterocycles. The molecule has 0 saturated carbocycles. The lowest BCUT2D eigenvalue weighted by molar-refractivity contribution is -0.140. The summed E-state index contributed by atoms with van der Waals surface area (Å²) in [6, 6.07) is 5.13. The van der Waals surface area contributed by atoms with E-state index in [0.717, 1.165) is 0 Å². The molecule has 102 valence electrons. The van der Waals surface area contributed by atoms with Crippen LogP contribution in [0.15, 0.2) is 18.2 Å². The van der Waals surface area contributed by atoms with Gasteiger partial charge in [-0.1, -0.05) is 11.6 Å². The number of esters is 1. The van der Waals surface area contributed by atoms with E-state index >= 15 is 0 Å². The topological polar surface area (TPSA) is 55.8 Å². The highest BCUT2D eigenvalue weighted by atomic mass is 35.5. The van der Waals surface area contributed by atoms with Gasteiger partial charge in [-0.05, 0) is 24.6 Å². The number of nitrogens with zero attached hydrogens (tertiary/aromatic N) is 1. The number of amides is 1. The van der Waals surface area contributed by atoms with Crippen LogP contribution in [0.3, 0.4) is 0 Å². The molecule has 0 saturated heterocycles. The first-order chi connectivity index (χ1) is 9.11. The molecular weight excluding hydrogens is 270 g/mol.